The Labute approximate surface area is 154 Å². The van der Waals surface area contributed by atoms with E-state index in [0.29, 0.717) is 23.0 Å². The van der Waals surface area contributed by atoms with E-state index in [4.69, 9.17) is 16.3 Å². The molecular formula is C16H26ClN3O4S. The quantitative estimate of drug-likeness (QED) is 0.612. The van der Waals surface area contributed by atoms with E-state index < -0.39 is 10.0 Å². The first-order valence-corrected chi connectivity index (χ1v) is 10.1. The Hall–Kier alpha value is -1.51. The number of benzene rings is 1. The Kier molecular flexibility index (Phi) is 8.47. The second kappa shape index (κ2) is 9.84. The number of methoxy groups -OCH3 is 1. The van der Waals surface area contributed by atoms with Gasteiger partial charge in [-0.15, -0.1) is 0 Å². The first-order valence-electron chi connectivity index (χ1n) is 7.88. The Morgan fingerprint density at radius 1 is 1.28 bits per heavy atom. The van der Waals surface area contributed by atoms with Crippen LogP contribution in [0.5, 0.6) is 5.75 Å². The third kappa shape index (κ3) is 7.50. The lowest BCUT2D eigenvalue weighted by atomic mass is 10.3. The zero-order valence-corrected chi connectivity index (χ0v) is 16.7. The van der Waals surface area contributed by atoms with Gasteiger partial charge in [-0.05, 0) is 45.3 Å². The van der Waals surface area contributed by atoms with Crippen molar-refractivity contribution in [1.29, 1.82) is 0 Å². The molecule has 0 aliphatic carbocycles. The van der Waals surface area contributed by atoms with E-state index in [1.54, 1.807) is 12.1 Å². The molecule has 0 spiro atoms. The zero-order valence-electron chi connectivity index (χ0n) is 15.1. The number of hydrogen-bond acceptors (Lipinski definition) is 5. The molecular weight excluding hydrogens is 366 g/mol. The van der Waals surface area contributed by atoms with Gasteiger partial charge in [0, 0.05) is 19.5 Å². The van der Waals surface area contributed by atoms with Crippen molar-refractivity contribution in [2.75, 3.05) is 51.4 Å². The van der Waals surface area contributed by atoms with Crippen molar-refractivity contribution in [3.63, 3.8) is 0 Å². The molecule has 0 aliphatic heterocycles. The predicted octanol–water partition coefficient (Wildman–Crippen LogP) is 1.57. The molecule has 1 aromatic rings. The predicted molar refractivity (Wildman–Crippen MR) is 101 cm³/mol. The molecule has 0 unspecified atom stereocenters. The summed E-state index contributed by atoms with van der Waals surface area (Å²) < 4.78 is 30.4. The summed E-state index contributed by atoms with van der Waals surface area (Å²) in [6.45, 7) is 1.48. The van der Waals surface area contributed by atoms with Crippen LogP contribution >= 0.6 is 11.6 Å². The largest absolute Gasteiger partial charge is 0.495 e. The summed E-state index contributed by atoms with van der Waals surface area (Å²) in [5, 5.41) is 3.10. The number of nitrogens with zero attached hydrogens (tertiary/aromatic N) is 2. The number of sulfonamides is 1. The van der Waals surface area contributed by atoms with E-state index in [9.17, 15) is 13.2 Å². The van der Waals surface area contributed by atoms with Gasteiger partial charge >= 0.3 is 0 Å². The lowest BCUT2D eigenvalue weighted by molar-refractivity contribution is -0.120. The van der Waals surface area contributed by atoms with Crippen LogP contribution in [0.15, 0.2) is 18.2 Å². The van der Waals surface area contributed by atoms with Crippen LogP contribution in [0.2, 0.25) is 5.02 Å². The Bertz CT molecular complexity index is 680. The molecule has 0 heterocycles. The molecule has 0 aromatic heterocycles. The van der Waals surface area contributed by atoms with Crippen LogP contribution in [0.25, 0.3) is 0 Å². The summed E-state index contributed by atoms with van der Waals surface area (Å²) in [6, 6.07) is 4.70. The first kappa shape index (κ1) is 21.5. The molecule has 0 saturated heterocycles. The van der Waals surface area contributed by atoms with Gasteiger partial charge < -0.3 is 15.0 Å². The highest BCUT2D eigenvalue weighted by molar-refractivity contribution is 7.92. The summed E-state index contributed by atoms with van der Waals surface area (Å²) in [5.74, 6) is 0.268. The summed E-state index contributed by atoms with van der Waals surface area (Å²) in [7, 11) is 1.87. The maximum absolute atomic E-state index is 12.1. The number of hydrogen-bond donors (Lipinski definition) is 1. The zero-order chi connectivity index (χ0) is 19.0. The van der Waals surface area contributed by atoms with Gasteiger partial charge in [-0.1, -0.05) is 11.6 Å². The maximum Gasteiger partial charge on any atom is 0.232 e. The minimum atomic E-state index is -3.54. The molecule has 0 bridgehead atoms. The minimum absolute atomic E-state index is 0.0427. The summed E-state index contributed by atoms with van der Waals surface area (Å²) in [6.07, 6.45) is 2.00. The molecule has 1 rings (SSSR count). The van der Waals surface area contributed by atoms with Gasteiger partial charge in [-0.2, -0.15) is 0 Å². The monoisotopic (exact) mass is 391 g/mol. The number of carbonyl (C=O) groups is 1. The molecule has 142 valence electrons. The molecule has 1 N–H and O–H groups in total. The second-order valence-corrected chi connectivity index (χ2v) is 8.22. The number of carbonyl (C=O) groups excluding carboxylic acids is 1. The maximum atomic E-state index is 12.1. The number of ether oxygens (including phenoxy) is 1. The summed E-state index contributed by atoms with van der Waals surface area (Å²) >= 11 is 6.07. The Morgan fingerprint density at radius 2 is 1.96 bits per heavy atom. The number of nitrogens with one attached hydrogen (secondary N) is 1. The smallest absolute Gasteiger partial charge is 0.232 e. The minimum Gasteiger partial charge on any atom is -0.495 e. The fourth-order valence-corrected chi connectivity index (χ4v) is 3.38. The number of rotatable bonds is 10. The van der Waals surface area contributed by atoms with Crippen molar-refractivity contribution in [1.82, 2.24) is 10.2 Å². The van der Waals surface area contributed by atoms with Crippen molar-refractivity contribution in [2.24, 2.45) is 0 Å². The van der Waals surface area contributed by atoms with Crippen molar-refractivity contribution in [3.8, 4) is 5.75 Å². The lowest BCUT2D eigenvalue weighted by Gasteiger charge is -2.22. The molecule has 0 aliphatic rings. The van der Waals surface area contributed by atoms with Crippen molar-refractivity contribution >= 4 is 33.2 Å². The lowest BCUT2D eigenvalue weighted by Crippen LogP contribution is -2.35. The number of amides is 1. The fourth-order valence-electron chi connectivity index (χ4n) is 2.21. The highest BCUT2D eigenvalue weighted by Gasteiger charge is 2.19. The normalized spacial score (nSPS) is 11.4. The SMILES string of the molecule is COc1ccc(N(CCC(=O)NCCCN(C)C)S(C)(=O)=O)cc1Cl. The van der Waals surface area contributed by atoms with Crippen LogP contribution < -0.4 is 14.4 Å². The Morgan fingerprint density at radius 3 is 2.48 bits per heavy atom. The van der Waals surface area contributed by atoms with Crippen LogP contribution in [0.3, 0.4) is 0 Å². The van der Waals surface area contributed by atoms with Gasteiger partial charge in [0.1, 0.15) is 5.75 Å². The van der Waals surface area contributed by atoms with Gasteiger partial charge in [0.15, 0.2) is 0 Å². The van der Waals surface area contributed by atoms with E-state index in [-0.39, 0.29) is 18.9 Å². The second-order valence-electron chi connectivity index (χ2n) is 5.91. The number of anilines is 1. The number of halogens is 1. The molecule has 25 heavy (non-hydrogen) atoms. The fraction of sp³-hybridized carbons (Fsp3) is 0.562. The molecule has 7 nitrogen and oxygen atoms in total. The van der Waals surface area contributed by atoms with Gasteiger partial charge in [0.2, 0.25) is 15.9 Å². The van der Waals surface area contributed by atoms with Crippen LogP contribution in [-0.4, -0.2) is 66.3 Å². The van der Waals surface area contributed by atoms with Crippen LogP contribution in [0.1, 0.15) is 12.8 Å². The van der Waals surface area contributed by atoms with Gasteiger partial charge in [0.05, 0.1) is 24.1 Å². The molecule has 1 aromatic carbocycles. The van der Waals surface area contributed by atoms with E-state index in [0.717, 1.165) is 23.5 Å². The topological polar surface area (TPSA) is 79.0 Å². The molecule has 0 saturated carbocycles. The van der Waals surface area contributed by atoms with Crippen molar-refractivity contribution in [3.05, 3.63) is 23.2 Å². The van der Waals surface area contributed by atoms with E-state index in [2.05, 4.69) is 5.32 Å². The molecule has 0 radical (unpaired) electrons. The highest BCUT2D eigenvalue weighted by atomic mass is 35.5. The van der Waals surface area contributed by atoms with Crippen molar-refractivity contribution in [2.45, 2.75) is 12.8 Å². The van der Waals surface area contributed by atoms with Gasteiger partial charge in [-0.3, -0.25) is 9.10 Å². The van der Waals surface area contributed by atoms with E-state index >= 15 is 0 Å². The average molecular weight is 392 g/mol. The van der Waals surface area contributed by atoms with Gasteiger partial charge in [0.25, 0.3) is 0 Å². The molecule has 0 atom stereocenters. The summed E-state index contributed by atoms with van der Waals surface area (Å²) in [4.78, 5) is 14.0. The van der Waals surface area contributed by atoms with E-state index in [1.165, 1.54) is 13.2 Å². The first-order chi connectivity index (χ1) is 11.6. The average Bonchev–Trinajstić information content (AvgIpc) is 2.50. The standard InChI is InChI=1S/C16H26ClN3O4S/c1-19(2)10-5-9-18-16(21)8-11-20(25(4,22)23)13-6-7-15(24-3)14(17)12-13/h6-7,12H,5,8-11H2,1-4H3,(H,18,21). The van der Waals surface area contributed by atoms with E-state index in [1.807, 2.05) is 19.0 Å². The molecule has 9 heteroatoms. The van der Waals surface area contributed by atoms with Crippen LogP contribution in [-0.2, 0) is 14.8 Å². The summed E-state index contributed by atoms with van der Waals surface area (Å²) in [5.41, 5.74) is 0.397. The molecule has 1 amide bonds. The van der Waals surface area contributed by atoms with Crippen LogP contribution in [0, 0.1) is 0 Å². The Balaban J connectivity index is 2.69. The third-order valence-electron chi connectivity index (χ3n) is 3.47. The van der Waals surface area contributed by atoms with Gasteiger partial charge in [-0.25, -0.2) is 8.42 Å². The molecule has 0 fully saturated rings. The van der Waals surface area contributed by atoms with Crippen molar-refractivity contribution < 1.29 is 17.9 Å². The highest BCUT2D eigenvalue weighted by Crippen LogP contribution is 2.30. The van der Waals surface area contributed by atoms with Crippen LogP contribution in [0.4, 0.5) is 5.69 Å². The third-order valence-corrected chi connectivity index (χ3v) is 4.96.